The van der Waals surface area contributed by atoms with Gasteiger partial charge < -0.3 is 0 Å². The molecule has 0 fully saturated rings. The fourth-order valence-corrected chi connectivity index (χ4v) is 2.00. The van der Waals surface area contributed by atoms with Gasteiger partial charge in [-0.1, -0.05) is 52.2 Å². The van der Waals surface area contributed by atoms with E-state index in [0.717, 1.165) is 18.5 Å². The quantitative estimate of drug-likeness (QED) is 0.349. The highest BCUT2D eigenvalue weighted by Gasteiger charge is 2.12. The molecule has 1 aromatic carbocycles. The van der Waals surface area contributed by atoms with Gasteiger partial charge in [-0.3, -0.25) is 4.79 Å². The van der Waals surface area contributed by atoms with Gasteiger partial charge in [-0.05, 0) is 30.0 Å². The number of unbranched alkanes of at least 4 members (excludes halogenated alkanes) is 3. The Labute approximate surface area is 116 Å². The Balaban J connectivity index is 2.58. The first-order valence-electron chi connectivity index (χ1n) is 7.23. The first-order chi connectivity index (χ1) is 9.06. The lowest BCUT2D eigenvalue weighted by Gasteiger charge is -2.18. The maximum atomic E-state index is 12.0. The van der Waals surface area contributed by atoms with Gasteiger partial charge in [0, 0.05) is 6.42 Å². The van der Waals surface area contributed by atoms with Crippen LogP contribution >= 0.6 is 0 Å². The van der Waals surface area contributed by atoms with Crippen molar-refractivity contribution in [2.24, 2.45) is 5.84 Å². The van der Waals surface area contributed by atoms with Crippen molar-refractivity contribution in [1.29, 1.82) is 0 Å². The predicted octanol–water partition coefficient (Wildman–Crippen LogP) is 3.99. The second-order valence-corrected chi connectivity index (χ2v) is 5.32. The Morgan fingerprint density at radius 2 is 2.00 bits per heavy atom. The van der Waals surface area contributed by atoms with E-state index in [1.165, 1.54) is 23.4 Å². The third-order valence-corrected chi connectivity index (χ3v) is 3.33. The highest BCUT2D eigenvalue weighted by Crippen LogP contribution is 2.20. The van der Waals surface area contributed by atoms with Crippen LogP contribution in [0.15, 0.2) is 24.3 Å². The first-order valence-corrected chi connectivity index (χ1v) is 7.23. The molecule has 1 aromatic rings. The number of hydrazine groups is 1. The Bertz CT molecular complexity index is 401. The van der Waals surface area contributed by atoms with Crippen molar-refractivity contribution in [3.05, 3.63) is 29.8 Å². The molecule has 3 nitrogen and oxygen atoms in total. The Hall–Kier alpha value is -1.35. The fourth-order valence-electron chi connectivity index (χ4n) is 2.00. The fraction of sp³-hybridized carbons (Fsp3) is 0.562. The van der Waals surface area contributed by atoms with E-state index in [4.69, 9.17) is 5.84 Å². The second kappa shape index (κ2) is 7.95. The zero-order valence-electron chi connectivity index (χ0n) is 12.4. The third kappa shape index (κ3) is 5.03. The molecule has 0 saturated heterocycles. The summed E-state index contributed by atoms with van der Waals surface area (Å²) in [5.74, 6) is 6.34. The van der Waals surface area contributed by atoms with Gasteiger partial charge in [0.15, 0.2) is 0 Å². The minimum absolute atomic E-state index is 0.00277. The first kappa shape index (κ1) is 15.7. The number of hydrogen-bond donors (Lipinski definition) is 1. The number of rotatable bonds is 7. The molecule has 2 N–H and O–H groups in total. The van der Waals surface area contributed by atoms with Gasteiger partial charge in [-0.15, -0.1) is 0 Å². The highest BCUT2D eigenvalue weighted by molar-refractivity contribution is 5.92. The van der Waals surface area contributed by atoms with Gasteiger partial charge in [-0.2, -0.15) is 0 Å². The highest BCUT2D eigenvalue weighted by atomic mass is 16.2. The SMILES string of the molecule is CCCCCCC(=O)N(N)c1cccc(C(C)C)c1. The summed E-state index contributed by atoms with van der Waals surface area (Å²) in [6, 6.07) is 7.90. The monoisotopic (exact) mass is 262 g/mol. The molecule has 0 spiro atoms. The minimum atomic E-state index is -0.00277. The molecule has 3 heteroatoms. The van der Waals surface area contributed by atoms with E-state index in [-0.39, 0.29) is 5.91 Å². The maximum absolute atomic E-state index is 12.0. The molecule has 0 saturated carbocycles. The standard InChI is InChI=1S/C16H26N2O/c1-4-5-6-7-11-16(19)18(17)15-10-8-9-14(12-15)13(2)3/h8-10,12-13H,4-7,11,17H2,1-3H3. The summed E-state index contributed by atoms with van der Waals surface area (Å²) < 4.78 is 0. The molecular formula is C16H26N2O. The molecule has 1 rings (SSSR count). The number of nitrogens with zero attached hydrogens (tertiary/aromatic N) is 1. The van der Waals surface area contributed by atoms with Gasteiger partial charge in [0.1, 0.15) is 0 Å². The zero-order chi connectivity index (χ0) is 14.3. The van der Waals surface area contributed by atoms with E-state index < -0.39 is 0 Å². The Morgan fingerprint density at radius 1 is 1.26 bits per heavy atom. The van der Waals surface area contributed by atoms with E-state index in [2.05, 4.69) is 26.8 Å². The molecule has 0 heterocycles. The van der Waals surface area contributed by atoms with Crippen molar-refractivity contribution in [3.63, 3.8) is 0 Å². The summed E-state index contributed by atoms with van der Waals surface area (Å²) in [4.78, 5) is 12.0. The minimum Gasteiger partial charge on any atom is -0.273 e. The van der Waals surface area contributed by atoms with Gasteiger partial charge >= 0.3 is 0 Å². The summed E-state index contributed by atoms with van der Waals surface area (Å²) >= 11 is 0. The van der Waals surface area contributed by atoms with Crippen molar-refractivity contribution in [2.45, 2.75) is 58.8 Å². The number of anilines is 1. The lowest BCUT2D eigenvalue weighted by molar-refractivity contribution is -0.118. The molecule has 0 bridgehead atoms. The number of amides is 1. The molecule has 0 aliphatic rings. The number of hydrogen-bond acceptors (Lipinski definition) is 2. The number of benzene rings is 1. The smallest absolute Gasteiger partial charge is 0.241 e. The third-order valence-electron chi connectivity index (χ3n) is 3.33. The molecule has 106 valence electrons. The molecule has 19 heavy (non-hydrogen) atoms. The summed E-state index contributed by atoms with van der Waals surface area (Å²) in [7, 11) is 0. The lowest BCUT2D eigenvalue weighted by atomic mass is 10.0. The van der Waals surface area contributed by atoms with Crippen LogP contribution in [0.25, 0.3) is 0 Å². The van der Waals surface area contributed by atoms with Gasteiger partial charge in [0.05, 0.1) is 5.69 Å². The van der Waals surface area contributed by atoms with Crippen molar-refractivity contribution >= 4 is 11.6 Å². The van der Waals surface area contributed by atoms with Crippen molar-refractivity contribution in [2.75, 3.05) is 5.01 Å². The van der Waals surface area contributed by atoms with E-state index in [1.54, 1.807) is 0 Å². The van der Waals surface area contributed by atoms with E-state index in [0.29, 0.717) is 12.3 Å². The number of carbonyl (C=O) groups is 1. The van der Waals surface area contributed by atoms with Crippen LogP contribution in [0.5, 0.6) is 0 Å². The molecule has 0 radical (unpaired) electrons. The maximum Gasteiger partial charge on any atom is 0.241 e. The van der Waals surface area contributed by atoms with E-state index >= 15 is 0 Å². The molecule has 0 aromatic heterocycles. The molecule has 0 atom stereocenters. The predicted molar refractivity (Wildman–Crippen MR) is 81.0 cm³/mol. The van der Waals surface area contributed by atoms with Crippen LogP contribution < -0.4 is 10.9 Å². The lowest BCUT2D eigenvalue weighted by Crippen LogP contribution is -2.37. The number of nitrogens with two attached hydrogens (primary N) is 1. The van der Waals surface area contributed by atoms with Gasteiger partial charge in [0.25, 0.3) is 0 Å². The van der Waals surface area contributed by atoms with Crippen LogP contribution in [0.1, 0.15) is 64.4 Å². The topological polar surface area (TPSA) is 46.3 Å². The molecular weight excluding hydrogens is 236 g/mol. The van der Waals surface area contributed by atoms with E-state index in [1.807, 2.05) is 18.2 Å². The average Bonchev–Trinajstić information content (AvgIpc) is 2.42. The van der Waals surface area contributed by atoms with Crippen molar-refractivity contribution < 1.29 is 4.79 Å². The van der Waals surface area contributed by atoms with Gasteiger partial charge in [0.2, 0.25) is 5.91 Å². The van der Waals surface area contributed by atoms with Crippen molar-refractivity contribution in [1.82, 2.24) is 0 Å². The van der Waals surface area contributed by atoms with Crippen LogP contribution in [0.4, 0.5) is 5.69 Å². The van der Waals surface area contributed by atoms with E-state index in [9.17, 15) is 4.79 Å². The second-order valence-electron chi connectivity index (χ2n) is 5.32. The van der Waals surface area contributed by atoms with Crippen LogP contribution in [-0.2, 0) is 4.79 Å². The largest absolute Gasteiger partial charge is 0.273 e. The summed E-state index contributed by atoms with van der Waals surface area (Å²) in [6.45, 7) is 6.42. The van der Waals surface area contributed by atoms with Crippen LogP contribution in [-0.4, -0.2) is 5.91 Å². The molecule has 0 aliphatic carbocycles. The molecule has 1 amide bonds. The van der Waals surface area contributed by atoms with Crippen LogP contribution in [0.3, 0.4) is 0 Å². The van der Waals surface area contributed by atoms with Gasteiger partial charge in [-0.25, -0.2) is 10.9 Å². The summed E-state index contributed by atoms with van der Waals surface area (Å²) in [5, 5.41) is 1.29. The summed E-state index contributed by atoms with van der Waals surface area (Å²) in [5.41, 5.74) is 1.98. The van der Waals surface area contributed by atoms with Crippen LogP contribution in [0.2, 0.25) is 0 Å². The summed E-state index contributed by atoms with van der Waals surface area (Å²) in [6.07, 6.45) is 4.91. The van der Waals surface area contributed by atoms with Crippen LogP contribution in [0, 0.1) is 0 Å². The molecule has 0 aliphatic heterocycles. The normalized spacial score (nSPS) is 10.8. The van der Waals surface area contributed by atoms with Crippen molar-refractivity contribution in [3.8, 4) is 0 Å². The molecule has 0 unspecified atom stereocenters. The Morgan fingerprint density at radius 3 is 2.63 bits per heavy atom. The Kier molecular flexibility index (Phi) is 6.57. The average molecular weight is 262 g/mol. The zero-order valence-corrected chi connectivity index (χ0v) is 12.4. The number of carbonyl (C=O) groups excluding carboxylic acids is 1.